The number of hydrogen-bond donors (Lipinski definition) is 0. The highest BCUT2D eigenvalue weighted by molar-refractivity contribution is 5.76. The minimum atomic E-state index is -0.854. The van der Waals surface area contributed by atoms with E-state index in [1.54, 1.807) is 0 Å². The first-order valence-corrected chi connectivity index (χ1v) is 6.86. The zero-order chi connectivity index (χ0) is 14.0. The van der Waals surface area contributed by atoms with Gasteiger partial charge in [-0.2, -0.15) is 0 Å². The number of cyclic esters (lactones) is 1. The molecule has 0 radical (unpaired) electrons. The highest BCUT2D eigenvalue weighted by Gasteiger charge is 2.47. The molecule has 2 aliphatic heterocycles. The maximum atomic E-state index is 12.0. The Hall–Kier alpha value is -1.65. The minimum absolute atomic E-state index is 0.236. The molecule has 0 spiro atoms. The molecule has 2 saturated heterocycles. The van der Waals surface area contributed by atoms with E-state index in [9.17, 15) is 4.79 Å². The topological polar surface area (TPSA) is 44.8 Å². The second kappa shape index (κ2) is 5.38. The van der Waals surface area contributed by atoms with Crippen molar-refractivity contribution in [3.63, 3.8) is 0 Å². The van der Waals surface area contributed by atoms with E-state index >= 15 is 0 Å². The predicted molar refractivity (Wildman–Crippen MR) is 73.8 cm³/mol. The van der Waals surface area contributed by atoms with Gasteiger partial charge in [-0.15, -0.1) is 0 Å². The third-order valence-electron chi connectivity index (χ3n) is 3.81. The molecule has 106 valence electrons. The van der Waals surface area contributed by atoms with Crippen LogP contribution in [0.2, 0.25) is 0 Å². The van der Waals surface area contributed by atoms with Crippen LogP contribution in [0.4, 0.5) is 0 Å². The molecule has 20 heavy (non-hydrogen) atoms. The molecular weight excluding hydrogens is 256 g/mol. The summed E-state index contributed by atoms with van der Waals surface area (Å²) in [5, 5.41) is 0. The van der Waals surface area contributed by atoms with Crippen molar-refractivity contribution in [3.8, 4) is 0 Å². The van der Waals surface area contributed by atoms with Gasteiger partial charge in [0, 0.05) is 0 Å². The van der Waals surface area contributed by atoms with Crippen molar-refractivity contribution in [2.75, 3.05) is 19.8 Å². The quantitative estimate of drug-likeness (QED) is 0.777. The van der Waals surface area contributed by atoms with Gasteiger partial charge in [0.2, 0.25) is 0 Å². The third-order valence-corrected chi connectivity index (χ3v) is 3.81. The van der Waals surface area contributed by atoms with Gasteiger partial charge >= 0.3 is 5.97 Å². The van der Waals surface area contributed by atoms with Gasteiger partial charge in [0.05, 0.1) is 13.2 Å². The van der Waals surface area contributed by atoms with Crippen molar-refractivity contribution in [2.45, 2.75) is 19.1 Å². The van der Waals surface area contributed by atoms with Crippen LogP contribution in [0, 0.1) is 5.92 Å². The summed E-state index contributed by atoms with van der Waals surface area (Å²) in [6.45, 7) is 3.22. The highest BCUT2D eigenvalue weighted by atomic mass is 16.7. The van der Waals surface area contributed by atoms with E-state index < -0.39 is 11.7 Å². The fourth-order valence-corrected chi connectivity index (χ4v) is 2.69. The van der Waals surface area contributed by atoms with Crippen molar-refractivity contribution in [1.82, 2.24) is 0 Å². The number of esters is 1. The molecule has 0 aromatic heterocycles. The number of carbonyl (C=O) groups is 1. The fourth-order valence-electron chi connectivity index (χ4n) is 2.69. The summed E-state index contributed by atoms with van der Waals surface area (Å²) < 4.78 is 16.5. The molecule has 0 bridgehead atoms. The van der Waals surface area contributed by atoms with E-state index in [2.05, 4.69) is 6.08 Å². The summed E-state index contributed by atoms with van der Waals surface area (Å²) >= 11 is 0. The Morgan fingerprint density at radius 3 is 2.60 bits per heavy atom. The zero-order valence-corrected chi connectivity index (χ0v) is 11.5. The van der Waals surface area contributed by atoms with Crippen LogP contribution in [0.15, 0.2) is 35.9 Å². The number of carbonyl (C=O) groups excluding carboxylic acids is 1. The summed E-state index contributed by atoms with van der Waals surface area (Å²) in [6, 6.07) is 10.0. The molecule has 2 aliphatic rings. The van der Waals surface area contributed by atoms with Gasteiger partial charge in [-0.25, -0.2) is 0 Å². The average molecular weight is 274 g/mol. The molecule has 4 nitrogen and oxygen atoms in total. The minimum Gasteiger partial charge on any atom is -0.461 e. The van der Waals surface area contributed by atoms with Crippen molar-refractivity contribution in [3.05, 3.63) is 41.5 Å². The lowest BCUT2D eigenvalue weighted by atomic mass is 9.89. The fraction of sp³-hybridized carbons (Fsp3) is 0.438. The van der Waals surface area contributed by atoms with E-state index in [4.69, 9.17) is 14.2 Å². The monoisotopic (exact) mass is 274 g/mol. The molecule has 2 heterocycles. The van der Waals surface area contributed by atoms with E-state index in [-0.39, 0.29) is 5.97 Å². The van der Waals surface area contributed by atoms with Crippen LogP contribution >= 0.6 is 0 Å². The number of hydrogen-bond acceptors (Lipinski definition) is 4. The van der Waals surface area contributed by atoms with Crippen molar-refractivity contribution >= 4 is 12.0 Å². The lowest BCUT2D eigenvalue weighted by Gasteiger charge is -2.34. The molecule has 0 N–H and O–H groups in total. The first kappa shape index (κ1) is 13.3. The molecule has 1 aromatic rings. The molecule has 1 aromatic carbocycles. The lowest BCUT2D eigenvalue weighted by Crippen LogP contribution is -2.44. The molecule has 0 aliphatic carbocycles. The van der Waals surface area contributed by atoms with Crippen LogP contribution in [0.5, 0.6) is 0 Å². The van der Waals surface area contributed by atoms with E-state index in [0.29, 0.717) is 26.2 Å². The Labute approximate surface area is 118 Å². The predicted octanol–water partition coefficient (Wildman–Crippen LogP) is 2.40. The summed E-state index contributed by atoms with van der Waals surface area (Å²) in [6.07, 6.45) is 2.68. The smallest absolute Gasteiger partial charge is 0.315 e. The average Bonchev–Trinajstić information content (AvgIpc) is 2.90. The molecule has 1 unspecified atom stereocenters. The lowest BCUT2D eigenvalue weighted by molar-refractivity contribution is -0.203. The summed E-state index contributed by atoms with van der Waals surface area (Å²) in [5.74, 6) is -1.49. The normalized spacial score (nSPS) is 27.6. The Balaban J connectivity index is 1.79. The van der Waals surface area contributed by atoms with Gasteiger partial charge in [0.1, 0.15) is 12.5 Å². The van der Waals surface area contributed by atoms with Gasteiger partial charge in [0.25, 0.3) is 0 Å². The van der Waals surface area contributed by atoms with Crippen LogP contribution in [-0.2, 0) is 19.0 Å². The molecule has 0 saturated carbocycles. The van der Waals surface area contributed by atoms with Crippen molar-refractivity contribution in [2.24, 2.45) is 5.92 Å². The van der Waals surface area contributed by atoms with Crippen LogP contribution in [0.3, 0.4) is 0 Å². The second-order valence-electron chi connectivity index (χ2n) is 5.29. The van der Waals surface area contributed by atoms with Gasteiger partial charge in [-0.1, -0.05) is 36.4 Å². The van der Waals surface area contributed by atoms with E-state index in [1.807, 2.05) is 37.3 Å². The van der Waals surface area contributed by atoms with Gasteiger partial charge < -0.3 is 14.2 Å². The molecule has 4 heteroatoms. The zero-order valence-electron chi connectivity index (χ0n) is 11.5. The van der Waals surface area contributed by atoms with Gasteiger partial charge in [-0.3, -0.25) is 4.79 Å². The number of ether oxygens (including phenoxy) is 3. The summed E-state index contributed by atoms with van der Waals surface area (Å²) in [5.41, 5.74) is 2.19. The van der Waals surface area contributed by atoms with E-state index in [1.165, 1.54) is 0 Å². The Bertz CT molecular complexity index is 515. The van der Waals surface area contributed by atoms with Crippen LogP contribution in [0.25, 0.3) is 6.08 Å². The Morgan fingerprint density at radius 1 is 1.20 bits per heavy atom. The van der Waals surface area contributed by atoms with E-state index in [0.717, 1.165) is 11.1 Å². The second-order valence-corrected chi connectivity index (χ2v) is 5.29. The summed E-state index contributed by atoms with van der Waals surface area (Å²) in [7, 11) is 0. The number of rotatable bonds is 2. The SMILES string of the molecule is CC1(C2C/C(=C\c3ccccc3)COC2=O)OCCO1. The molecule has 0 amide bonds. The van der Waals surface area contributed by atoms with Crippen LogP contribution in [-0.4, -0.2) is 31.6 Å². The van der Waals surface area contributed by atoms with Crippen LogP contribution in [0.1, 0.15) is 18.9 Å². The molecule has 3 rings (SSSR count). The maximum absolute atomic E-state index is 12.0. The summed E-state index contributed by atoms with van der Waals surface area (Å²) in [4.78, 5) is 12.0. The third kappa shape index (κ3) is 2.62. The van der Waals surface area contributed by atoms with Gasteiger partial charge in [-0.05, 0) is 24.5 Å². The highest BCUT2D eigenvalue weighted by Crippen LogP contribution is 2.36. The molecular formula is C16H18O4. The van der Waals surface area contributed by atoms with Crippen LogP contribution < -0.4 is 0 Å². The first-order chi connectivity index (χ1) is 9.67. The maximum Gasteiger partial charge on any atom is 0.315 e. The molecule has 1 atom stereocenters. The largest absolute Gasteiger partial charge is 0.461 e. The van der Waals surface area contributed by atoms with Gasteiger partial charge in [0.15, 0.2) is 5.79 Å². The standard InChI is InChI=1S/C16H18O4/c1-16(19-7-8-20-16)14-10-13(11-18-15(14)17)9-12-5-3-2-4-6-12/h2-6,9,14H,7-8,10-11H2,1H3/b13-9+. The Kier molecular flexibility index (Phi) is 3.59. The molecule has 2 fully saturated rings. The van der Waals surface area contributed by atoms with Crippen molar-refractivity contribution < 1.29 is 19.0 Å². The Morgan fingerprint density at radius 2 is 1.90 bits per heavy atom. The number of benzene rings is 1. The van der Waals surface area contributed by atoms with Crippen molar-refractivity contribution in [1.29, 1.82) is 0 Å². The first-order valence-electron chi connectivity index (χ1n) is 6.86.